The summed E-state index contributed by atoms with van der Waals surface area (Å²) in [7, 11) is 0. The molecule has 1 N–H and O–H groups in total. The SMILES string of the molecule is CC1[C@@H]2Cc3ccc(O)cc3[C@]1(C)CCN2CC1CC1. The molecular formula is C18H25NO. The van der Waals surface area contributed by atoms with E-state index in [1.165, 1.54) is 49.9 Å². The zero-order chi connectivity index (χ0) is 13.9. The summed E-state index contributed by atoms with van der Waals surface area (Å²) in [5, 5.41) is 9.85. The van der Waals surface area contributed by atoms with Crippen LogP contribution in [0.4, 0.5) is 0 Å². The Morgan fingerprint density at radius 2 is 2.15 bits per heavy atom. The lowest BCUT2D eigenvalue weighted by molar-refractivity contribution is 0.0283. The number of hydrogen-bond acceptors (Lipinski definition) is 2. The van der Waals surface area contributed by atoms with Crippen molar-refractivity contribution in [2.24, 2.45) is 11.8 Å². The van der Waals surface area contributed by atoms with Crippen molar-refractivity contribution in [3.05, 3.63) is 29.3 Å². The minimum atomic E-state index is 0.247. The number of phenols is 1. The number of nitrogens with zero attached hydrogens (tertiary/aromatic N) is 1. The second-order valence-electron chi connectivity index (χ2n) is 7.51. The summed E-state index contributed by atoms with van der Waals surface area (Å²) < 4.78 is 0. The van der Waals surface area contributed by atoms with Crippen LogP contribution >= 0.6 is 0 Å². The first-order valence-corrected chi connectivity index (χ1v) is 8.14. The van der Waals surface area contributed by atoms with Crippen molar-refractivity contribution in [3.63, 3.8) is 0 Å². The number of likely N-dealkylation sites (tertiary alicyclic amines) is 1. The highest BCUT2D eigenvalue weighted by molar-refractivity contribution is 5.44. The Kier molecular flexibility index (Phi) is 2.69. The lowest BCUT2D eigenvalue weighted by Gasteiger charge is -2.54. The molecule has 2 nitrogen and oxygen atoms in total. The minimum Gasteiger partial charge on any atom is -0.508 e. The molecule has 2 fully saturated rings. The Balaban J connectivity index is 1.71. The van der Waals surface area contributed by atoms with Gasteiger partial charge in [-0.05, 0) is 72.7 Å². The molecule has 0 aromatic heterocycles. The molecule has 1 aromatic carbocycles. The number of piperidine rings is 1. The molecular weight excluding hydrogens is 246 g/mol. The van der Waals surface area contributed by atoms with Crippen LogP contribution in [-0.2, 0) is 11.8 Å². The van der Waals surface area contributed by atoms with Crippen LogP contribution in [0, 0.1) is 11.8 Å². The molecule has 4 rings (SSSR count). The van der Waals surface area contributed by atoms with Crippen molar-refractivity contribution in [2.75, 3.05) is 13.1 Å². The van der Waals surface area contributed by atoms with Crippen LogP contribution < -0.4 is 0 Å². The van der Waals surface area contributed by atoms with Crippen LogP contribution in [0.2, 0.25) is 0 Å². The molecule has 3 aliphatic rings. The maximum absolute atomic E-state index is 9.85. The minimum absolute atomic E-state index is 0.247. The highest BCUT2D eigenvalue weighted by atomic mass is 16.3. The fourth-order valence-electron chi connectivity index (χ4n) is 4.55. The topological polar surface area (TPSA) is 23.5 Å². The fourth-order valence-corrected chi connectivity index (χ4v) is 4.55. The molecule has 1 aliphatic heterocycles. The average Bonchev–Trinajstić information content (AvgIpc) is 3.22. The third-order valence-corrected chi connectivity index (χ3v) is 6.30. The molecule has 1 unspecified atom stereocenters. The lowest BCUT2D eigenvalue weighted by atomic mass is 9.59. The molecule has 2 bridgehead atoms. The van der Waals surface area contributed by atoms with Crippen molar-refractivity contribution in [1.82, 2.24) is 4.90 Å². The van der Waals surface area contributed by atoms with Crippen LogP contribution in [-0.4, -0.2) is 29.1 Å². The second kappa shape index (κ2) is 4.24. The van der Waals surface area contributed by atoms with Crippen molar-refractivity contribution in [3.8, 4) is 5.75 Å². The van der Waals surface area contributed by atoms with E-state index in [-0.39, 0.29) is 5.41 Å². The zero-order valence-electron chi connectivity index (χ0n) is 12.6. The average molecular weight is 271 g/mol. The van der Waals surface area contributed by atoms with Gasteiger partial charge in [0.15, 0.2) is 0 Å². The monoisotopic (exact) mass is 271 g/mol. The van der Waals surface area contributed by atoms with Gasteiger partial charge in [-0.15, -0.1) is 0 Å². The van der Waals surface area contributed by atoms with Crippen molar-refractivity contribution < 1.29 is 5.11 Å². The first-order chi connectivity index (χ1) is 9.58. The molecule has 2 heteroatoms. The second-order valence-corrected chi connectivity index (χ2v) is 7.51. The van der Waals surface area contributed by atoms with Crippen LogP contribution in [0.3, 0.4) is 0 Å². The van der Waals surface area contributed by atoms with E-state index in [2.05, 4.69) is 24.8 Å². The standard InChI is InChI=1S/C18H25NO/c1-12-17-9-14-5-6-15(20)10-16(14)18(12,2)7-8-19(17)11-13-3-4-13/h5-6,10,12-13,17,20H,3-4,7-9,11H2,1-2H3/t12?,17-,18+/m0/s1. The van der Waals surface area contributed by atoms with Crippen molar-refractivity contribution >= 4 is 0 Å². The number of aromatic hydroxyl groups is 1. The van der Waals surface area contributed by atoms with E-state index >= 15 is 0 Å². The van der Waals surface area contributed by atoms with Crippen LogP contribution in [0.15, 0.2) is 18.2 Å². The number of benzene rings is 1. The predicted octanol–water partition coefficient (Wildman–Crippen LogP) is 3.33. The number of phenolic OH excluding ortho intramolecular Hbond substituents is 1. The van der Waals surface area contributed by atoms with Gasteiger partial charge in [-0.3, -0.25) is 4.90 Å². The fraction of sp³-hybridized carbons (Fsp3) is 0.667. The largest absolute Gasteiger partial charge is 0.508 e. The molecule has 1 saturated heterocycles. The maximum atomic E-state index is 9.85. The molecule has 0 radical (unpaired) electrons. The Morgan fingerprint density at radius 3 is 2.90 bits per heavy atom. The molecule has 1 aromatic rings. The molecule has 2 aliphatic carbocycles. The molecule has 0 amide bonds. The van der Waals surface area contributed by atoms with E-state index in [1.54, 1.807) is 0 Å². The van der Waals surface area contributed by atoms with Gasteiger partial charge in [-0.1, -0.05) is 19.9 Å². The van der Waals surface area contributed by atoms with Gasteiger partial charge in [0.05, 0.1) is 0 Å². The van der Waals surface area contributed by atoms with Gasteiger partial charge in [0.2, 0.25) is 0 Å². The Labute approximate surface area is 121 Å². The lowest BCUT2D eigenvalue weighted by Crippen LogP contribution is -2.58. The van der Waals surface area contributed by atoms with Gasteiger partial charge < -0.3 is 5.11 Å². The summed E-state index contributed by atoms with van der Waals surface area (Å²) in [4.78, 5) is 2.76. The highest BCUT2D eigenvalue weighted by Crippen LogP contribution is 2.49. The van der Waals surface area contributed by atoms with E-state index in [9.17, 15) is 5.11 Å². The third kappa shape index (κ3) is 1.81. The first-order valence-electron chi connectivity index (χ1n) is 8.14. The first kappa shape index (κ1) is 12.7. The summed E-state index contributed by atoms with van der Waals surface area (Å²) >= 11 is 0. The quantitative estimate of drug-likeness (QED) is 0.892. The summed E-state index contributed by atoms with van der Waals surface area (Å²) in [6, 6.07) is 6.74. The number of fused-ring (bicyclic) bond motifs is 4. The molecule has 1 saturated carbocycles. The van der Waals surface area contributed by atoms with E-state index in [4.69, 9.17) is 0 Å². The summed E-state index contributed by atoms with van der Waals surface area (Å²) in [6.07, 6.45) is 5.28. The van der Waals surface area contributed by atoms with Crippen LogP contribution in [0.5, 0.6) is 5.75 Å². The van der Waals surface area contributed by atoms with Gasteiger partial charge in [-0.2, -0.15) is 0 Å². The highest BCUT2D eigenvalue weighted by Gasteiger charge is 2.48. The van der Waals surface area contributed by atoms with E-state index in [1.807, 2.05) is 12.1 Å². The third-order valence-electron chi connectivity index (χ3n) is 6.30. The number of rotatable bonds is 2. The van der Waals surface area contributed by atoms with Gasteiger partial charge in [0.25, 0.3) is 0 Å². The number of hydrogen-bond donors (Lipinski definition) is 1. The molecule has 20 heavy (non-hydrogen) atoms. The maximum Gasteiger partial charge on any atom is 0.115 e. The van der Waals surface area contributed by atoms with E-state index in [0.29, 0.717) is 17.7 Å². The van der Waals surface area contributed by atoms with Crippen LogP contribution in [0.25, 0.3) is 0 Å². The van der Waals surface area contributed by atoms with Crippen molar-refractivity contribution in [2.45, 2.75) is 51.0 Å². The summed E-state index contributed by atoms with van der Waals surface area (Å²) in [5.74, 6) is 2.09. The Hall–Kier alpha value is -1.02. The smallest absolute Gasteiger partial charge is 0.115 e. The predicted molar refractivity (Wildman–Crippen MR) is 81.0 cm³/mol. The van der Waals surface area contributed by atoms with Gasteiger partial charge >= 0.3 is 0 Å². The van der Waals surface area contributed by atoms with E-state index in [0.717, 1.165) is 5.92 Å². The Morgan fingerprint density at radius 1 is 1.35 bits per heavy atom. The van der Waals surface area contributed by atoms with Gasteiger partial charge in [-0.25, -0.2) is 0 Å². The van der Waals surface area contributed by atoms with Gasteiger partial charge in [0, 0.05) is 12.6 Å². The van der Waals surface area contributed by atoms with Crippen LogP contribution in [0.1, 0.15) is 44.2 Å². The summed E-state index contributed by atoms with van der Waals surface area (Å²) in [6.45, 7) is 7.39. The molecule has 3 atom stereocenters. The van der Waals surface area contributed by atoms with Gasteiger partial charge in [0.1, 0.15) is 5.75 Å². The normalized spacial score (nSPS) is 36.7. The molecule has 0 spiro atoms. The van der Waals surface area contributed by atoms with E-state index < -0.39 is 0 Å². The molecule has 1 heterocycles. The van der Waals surface area contributed by atoms with Crippen molar-refractivity contribution in [1.29, 1.82) is 0 Å². The Bertz CT molecular complexity index is 536. The molecule has 108 valence electrons. The summed E-state index contributed by atoms with van der Waals surface area (Å²) in [5.41, 5.74) is 3.12. The zero-order valence-corrected chi connectivity index (χ0v) is 12.6.